The highest BCUT2D eigenvalue weighted by Gasteiger charge is 2.10. The van der Waals surface area contributed by atoms with Crippen LogP contribution in [0.3, 0.4) is 0 Å². The molecule has 0 fully saturated rings. The van der Waals surface area contributed by atoms with Crippen molar-refractivity contribution >= 4 is 17.7 Å². The van der Waals surface area contributed by atoms with E-state index in [4.69, 9.17) is 16.3 Å². The van der Waals surface area contributed by atoms with Crippen molar-refractivity contribution in [2.75, 3.05) is 18.9 Å². The summed E-state index contributed by atoms with van der Waals surface area (Å²) >= 11 is 1.74. The number of nitrogens with two attached hydrogens (primary N) is 2. The fraction of sp³-hybridized carbons (Fsp3) is 0.417. The summed E-state index contributed by atoms with van der Waals surface area (Å²) in [5.41, 5.74) is 8.06. The van der Waals surface area contributed by atoms with E-state index >= 15 is 0 Å². The zero-order valence-electron chi connectivity index (χ0n) is 10.4. The van der Waals surface area contributed by atoms with Crippen LogP contribution in [0.25, 0.3) is 0 Å². The predicted octanol–water partition coefficient (Wildman–Crippen LogP) is 0.749. The van der Waals surface area contributed by atoms with Gasteiger partial charge in [0.2, 0.25) is 0 Å². The molecule has 0 heterocycles. The molecular formula is C12H19N3O2S. The molecule has 5 nitrogen and oxygen atoms in total. The molecule has 1 amide bonds. The molecule has 18 heavy (non-hydrogen) atoms. The van der Waals surface area contributed by atoms with Gasteiger partial charge in [-0.25, -0.2) is 5.84 Å². The Bertz CT molecular complexity index is 387. The zero-order valence-corrected chi connectivity index (χ0v) is 11.2. The molecule has 0 radical (unpaired) electrons. The van der Waals surface area contributed by atoms with Crippen molar-refractivity contribution in [2.24, 2.45) is 11.6 Å². The number of nitrogens with one attached hydrogen (secondary N) is 1. The van der Waals surface area contributed by atoms with Crippen LogP contribution in [-0.4, -0.2) is 30.1 Å². The average Bonchev–Trinajstić information content (AvgIpc) is 2.42. The van der Waals surface area contributed by atoms with Gasteiger partial charge in [-0.2, -0.15) is 11.8 Å². The highest BCUT2D eigenvalue weighted by Crippen LogP contribution is 2.18. The molecule has 0 spiro atoms. The van der Waals surface area contributed by atoms with Crippen LogP contribution in [0.1, 0.15) is 17.3 Å². The molecule has 100 valence electrons. The Hall–Kier alpha value is -1.24. The maximum absolute atomic E-state index is 11.5. The van der Waals surface area contributed by atoms with Crippen molar-refractivity contribution in [3.63, 3.8) is 0 Å². The third-order valence-electron chi connectivity index (χ3n) is 2.34. The van der Waals surface area contributed by atoms with Crippen LogP contribution in [0, 0.1) is 0 Å². The van der Waals surface area contributed by atoms with Gasteiger partial charge in [-0.3, -0.25) is 10.2 Å². The van der Waals surface area contributed by atoms with E-state index in [1.807, 2.05) is 6.07 Å². The monoisotopic (exact) mass is 269 g/mol. The summed E-state index contributed by atoms with van der Waals surface area (Å²) < 4.78 is 5.58. The van der Waals surface area contributed by atoms with Crippen LogP contribution in [0.15, 0.2) is 24.3 Å². The number of hydrogen-bond donors (Lipinski definition) is 3. The lowest BCUT2D eigenvalue weighted by Gasteiger charge is -2.11. The van der Waals surface area contributed by atoms with Crippen LogP contribution >= 0.6 is 11.8 Å². The Kier molecular flexibility index (Phi) is 6.56. The maximum atomic E-state index is 11.5. The van der Waals surface area contributed by atoms with Gasteiger partial charge in [0.1, 0.15) is 5.75 Å². The van der Waals surface area contributed by atoms with E-state index in [9.17, 15) is 4.79 Å². The summed E-state index contributed by atoms with van der Waals surface area (Å²) in [5, 5.41) is 0.413. The molecule has 0 aliphatic rings. The Morgan fingerprint density at radius 1 is 1.50 bits per heavy atom. The maximum Gasteiger partial charge on any atom is 0.268 e. The van der Waals surface area contributed by atoms with Gasteiger partial charge in [-0.1, -0.05) is 19.1 Å². The minimum absolute atomic E-state index is 0.353. The van der Waals surface area contributed by atoms with E-state index in [2.05, 4.69) is 12.3 Å². The normalized spacial score (nSPS) is 11.9. The highest BCUT2D eigenvalue weighted by molar-refractivity contribution is 7.99. The third-order valence-corrected chi connectivity index (χ3v) is 3.50. The molecular weight excluding hydrogens is 250 g/mol. The number of para-hydroxylation sites is 1. The first kappa shape index (κ1) is 14.8. The van der Waals surface area contributed by atoms with Gasteiger partial charge < -0.3 is 10.5 Å². The number of benzene rings is 1. The summed E-state index contributed by atoms with van der Waals surface area (Å²) in [5.74, 6) is 6.13. The molecule has 5 N–H and O–H groups in total. The Morgan fingerprint density at radius 3 is 2.89 bits per heavy atom. The van der Waals surface area contributed by atoms with Gasteiger partial charge in [0.05, 0.1) is 12.2 Å². The van der Waals surface area contributed by atoms with Crippen LogP contribution < -0.4 is 21.7 Å². The van der Waals surface area contributed by atoms with E-state index in [0.29, 0.717) is 29.7 Å². The zero-order chi connectivity index (χ0) is 13.4. The fourth-order valence-corrected chi connectivity index (χ4v) is 2.04. The van der Waals surface area contributed by atoms with Gasteiger partial charge in [0, 0.05) is 17.5 Å². The van der Waals surface area contributed by atoms with Gasteiger partial charge in [-0.05, 0) is 12.1 Å². The molecule has 0 saturated heterocycles. The van der Waals surface area contributed by atoms with E-state index in [1.165, 1.54) is 0 Å². The van der Waals surface area contributed by atoms with Crippen molar-refractivity contribution in [1.82, 2.24) is 5.43 Å². The predicted molar refractivity (Wildman–Crippen MR) is 74.6 cm³/mol. The molecule has 6 heteroatoms. The standard InChI is InChI=1S/C12H19N3O2S/c1-9(8-13)18-7-6-17-11-5-3-2-4-10(11)12(16)15-14/h2-5,9H,6-8,13-14H2,1H3,(H,15,16). The summed E-state index contributed by atoms with van der Waals surface area (Å²) in [6, 6.07) is 7.01. The second-order valence-electron chi connectivity index (χ2n) is 3.74. The Balaban J connectivity index is 2.49. The molecule has 0 saturated carbocycles. The van der Waals surface area contributed by atoms with E-state index in [0.717, 1.165) is 5.75 Å². The summed E-state index contributed by atoms with van der Waals surface area (Å²) in [6.45, 7) is 3.25. The van der Waals surface area contributed by atoms with Crippen LogP contribution in [0.2, 0.25) is 0 Å². The number of amides is 1. The lowest BCUT2D eigenvalue weighted by atomic mass is 10.2. The van der Waals surface area contributed by atoms with E-state index < -0.39 is 0 Å². The molecule has 0 aromatic heterocycles. The number of thioether (sulfide) groups is 1. The molecule has 1 atom stereocenters. The van der Waals surface area contributed by atoms with Gasteiger partial charge in [-0.15, -0.1) is 0 Å². The highest BCUT2D eigenvalue weighted by atomic mass is 32.2. The van der Waals surface area contributed by atoms with Crippen molar-refractivity contribution < 1.29 is 9.53 Å². The van der Waals surface area contributed by atoms with Crippen molar-refractivity contribution in [3.05, 3.63) is 29.8 Å². The first-order valence-electron chi connectivity index (χ1n) is 5.73. The fourth-order valence-electron chi connectivity index (χ4n) is 1.33. The number of nitrogen functional groups attached to an aromatic ring is 1. The number of hydrogen-bond acceptors (Lipinski definition) is 5. The minimum Gasteiger partial charge on any atom is -0.492 e. The molecule has 0 aliphatic carbocycles. The average molecular weight is 269 g/mol. The van der Waals surface area contributed by atoms with Gasteiger partial charge in [0.25, 0.3) is 5.91 Å². The lowest BCUT2D eigenvalue weighted by molar-refractivity contribution is 0.0950. The summed E-state index contributed by atoms with van der Waals surface area (Å²) in [6.07, 6.45) is 0. The van der Waals surface area contributed by atoms with Gasteiger partial charge >= 0.3 is 0 Å². The van der Waals surface area contributed by atoms with Crippen LogP contribution in [0.5, 0.6) is 5.75 Å². The molecule has 0 aliphatic heterocycles. The summed E-state index contributed by atoms with van der Waals surface area (Å²) in [7, 11) is 0. The molecule has 0 bridgehead atoms. The minimum atomic E-state index is -0.353. The van der Waals surface area contributed by atoms with Crippen molar-refractivity contribution in [3.8, 4) is 5.75 Å². The van der Waals surface area contributed by atoms with Crippen LogP contribution in [0.4, 0.5) is 0 Å². The van der Waals surface area contributed by atoms with Gasteiger partial charge in [0.15, 0.2) is 0 Å². The number of carbonyl (C=O) groups excluding carboxylic acids is 1. The smallest absolute Gasteiger partial charge is 0.268 e. The number of carbonyl (C=O) groups is 1. The SMILES string of the molecule is CC(CN)SCCOc1ccccc1C(=O)NN. The second kappa shape index (κ2) is 7.97. The summed E-state index contributed by atoms with van der Waals surface area (Å²) in [4.78, 5) is 11.5. The number of rotatable bonds is 7. The topological polar surface area (TPSA) is 90.4 Å². The molecule has 1 unspecified atom stereocenters. The van der Waals surface area contributed by atoms with Crippen molar-refractivity contribution in [1.29, 1.82) is 0 Å². The molecule has 1 rings (SSSR count). The quantitative estimate of drug-likeness (QED) is 0.294. The van der Waals surface area contributed by atoms with Crippen LogP contribution in [-0.2, 0) is 0 Å². The first-order valence-corrected chi connectivity index (χ1v) is 6.78. The number of hydrazine groups is 1. The molecule has 1 aromatic carbocycles. The Morgan fingerprint density at radius 2 is 2.22 bits per heavy atom. The second-order valence-corrected chi connectivity index (χ2v) is 5.28. The molecule has 1 aromatic rings. The van der Waals surface area contributed by atoms with E-state index in [1.54, 1.807) is 30.0 Å². The number of ether oxygens (including phenoxy) is 1. The van der Waals surface area contributed by atoms with Crippen molar-refractivity contribution in [2.45, 2.75) is 12.2 Å². The lowest BCUT2D eigenvalue weighted by Crippen LogP contribution is -2.30. The largest absolute Gasteiger partial charge is 0.492 e. The first-order chi connectivity index (χ1) is 8.69. The van der Waals surface area contributed by atoms with E-state index in [-0.39, 0.29) is 5.91 Å². The third kappa shape index (κ3) is 4.56. The Labute approximate surface area is 111 Å².